The Morgan fingerprint density at radius 1 is 0.239 bits per heavy atom. The van der Waals surface area contributed by atoms with Gasteiger partial charge < -0.3 is 157 Å². The number of hydrogen-bond acceptors (Lipinski definition) is 52. The second-order valence-corrected chi connectivity index (χ2v) is 29.1. The fraction of sp³-hybridized carbons (Fsp3) is 0.725. The third-order valence-corrected chi connectivity index (χ3v) is 17.3. The Kier molecular flexibility index (Phi) is 54.6. The molecule has 5 heterocycles. The highest BCUT2D eigenvalue weighted by atomic mass is 16.8. The molecule has 25 atom stereocenters. The van der Waals surface area contributed by atoms with E-state index >= 15 is 0 Å². The molecule has 5 saturated heterocycles. The molecule has 5 aliphatic heterocycles. The summed E-state index contributed by atoms with van der Waals surface area (Å²) >= 11 is 0. The summed E-state index contributed by atoms with van der Waals surface area (Å²) in [4.78, 5) is 252. The Bertz CT molecular complexity index is 3780. The molecule has 0 radical (unpaired) electrons. The van der Waals surface area contributed by atoms with Gasteiger partial charge in [-0.15, -0.1) is 0 Å². The maximum absolute atomic E-state index is 11.9. The van der Waals surface area contributed by atoms with E-state index in [0.29, 0.717) is 6.54 Å². The molecule has 10 N–H and O–H groups in total. The number of carbonyl (C=O) groups is 22. The van der Waals surface area contributed by atoms with Crippen molar-refractivity contribution in [1.82, 2.24) is 21.3 Å². The Morgan fingerprint density at radius 2 is 0.433 bits per heavy atom. The quantitative estimate of drug-likeness (QED) is 0.0232. The van der Waals surface area contributed by atoms with Gasteiger partial charge in [-0.1, -0.05) is 13.8 Å². The zero-order valence-corrected chi connectivity index (χ0v) is 78.1. The maximum Gasteiger partial charge on any atom is 0.305 e. The van der Waals surface area contributed by atoms with E-state index in [2.05, 4.69) is 21.3 Å². The molecule has 2 amide bonds. The lowest BCUT2D eigenvalue weighted by molar-refractivity contribution is -0.271. The number of ether oxygens (including phenoxy) is 25. The highest BCUT2D eigenvalue weighted by molar-refractivity contribution is 5.79. The van der Waals surface area contributed by atoms with Crippen molar-refractivity contribution in [2.45, 2.75) is 318 Å². The van der Waals surface area contributed by atoms with Gasteiger partial charge >= 0.3 is 119 Å². The molecule has 5 rings (SSSR count). The lowest BCUT2D eigenvalue weighted by Gasteiger charge is -2.44. The minimum atomic E-state index is -1.43. The Morgan fingerprint density at radius 3 is 0.649 bits per heavy atom. The number of nitrogens with two attached hydrogens (primary N) is 3. The zero-order valence-electron chi connectivity index (χ0n) is 78.1. The van der Waals surface area contributed by atoms with Crippen molar-refractivity contribution in [1.29, 1.82) is 0 Å². The molecular weight excluding hydrogens is 1810 g/mol. The van der Waals surface area contributed by atoms with Crippen LogP contribution in [0.1, 0.15) is 165 Å². The molecule has 0 aliphatic carbocycles. The van der Waals surface area contributed by atoms with Crippen molar-refractivity contribution >= 4 is 131 Å². The van der Waals surface area contributed by atoms with E-state index in [0.717, 1.165) is 75.7 Å². The highest BCUT2D eigenvalue weighted by Gasteiger charge is 2.57. The average molecular weight is 1930 g/mol. The first-order valence-corrected chi connectivity index (χ1v) is 41.3. The molecule has 0 aromatic rings. The first-order valence-electron chi connectivity index (χ1n) is 41.3. The van der Waals surface area contributed by atoms with Gasteiger partial charge in [0.15, 0.2) is 61.0 Å². The molecule has 0 aromatic carbocycles. The summed E-state index contributed by atoms with van der Waals surface area (Å²) in [7, 11) is 0. The van der Waals surface area contributed by atoms with Crippen LogP contribution in [0, 0.1) is 0 Å². The highest BCUT2D eigenvalue weighted by Crippen LogP contribution is 2.34. The van der Waals surface area contributed by atoms with E-state index in [1.807, 2.05) is 6.92 Å². The van der Waals surface area contributed by atoms with Crippen LogP contribution < -0.4 is 38.5 Å². The predicted molar refractivity (Wildman–Crippen MR) is 435 cm³/mol. The van der Waals surface area contributed by atoms with Crippen LogP contribution >= 0.6 is 0 Å². The third-order valence-electron chi connectivity index (χ3n) is 17.3. The van der Waals surface area contributed by atoms with E-state index in [-0.39, 0.29) is 52.5 Å². The fourth-order valence-electron chi connectivity index (χ4n) is 12.7. The lowest BCUT2D eigenvalue weighted by Crippen LogP contribution is -2.67. The van der Waals surface area contributed by atoms with Crippen molar-refractivity contribution in [3.8, 4) is 0 Å². The maximum atomic E-state index is 11.9. The molecule has 54 heteroatoms. The number of esters is 20. The van der Waals surface area contributed by atoms with Crippen LogP contribution in [0.2, 0.25) is 0 Å². The van der Waals surface area contributed by atoms with Gasteiger partial charge in [0.1, 0.15) is 93.8 Å². The molecular formula is C80H123N7O47. The van der Waals surface area contributed by atoms with E-state index < -0.39 is 291 Å². The van der Waals surface area contributed by atoms with E-state index in [4.69, 9.17) is 136 Å². The van der Waals surface area contributed by atoms with Gasteiger partial charge in [-0.05, 0) is 13.0 Å². The number of carbonyl (C=O) groups excluding carboxylic acids is 22. The van der Waals surface area contributed by atoms with Gasteiger partial charge in [-0.2, -0.15) is 0 Å². The van der Waals surface area contributed by atoms with E-state index in [1.54, 1.807) is 6.92 Å². The summed E-state index contributed by atoms with van der Waals surface area (Å²) in [5.41, 5.74) is 16.7. The third kappa shape index (κ3) is 45.6. The second-order valence-electron chi connectivity index (χ2n) is 29.1. The first kappa shape index (κ1) is 120. The smallest absolute Gasteiger partial charge is 0.305 e. The molecule has 0 spiro atoms. The second kappa shape index (κ2) is 61.0. The molecule has 0 bridgehead atoms. The van der Waals surface area contributed by atoms with Crippen LogP contribution in [0.15, 0.2) is 0 Å². The lowest BCUT2D eigenvalue weighted by atomic mass is 9.96. The van der Waals surface area contributed by atoms with Gasteiger partial charge in [0, 0.05) is 158 Å². The fourth-order valence-corrected chi connectivity index (χ4v) is 12.7. The Labute approximate surface area is 768 Å². The van der Waals surface area contributed by atoms with Gasteiger partial charge in [0.05, 0.1) is 6.54 Å². The topological polar surface area (TPSA) is 732 Å². The molecule has 5 aliphatic rings. The van der Waals surface area contributed by atoms with Crippen molar-refractivity contribution in [2.75, 3.05) is 59.2 Å². The van der Waals surface area contributed by atoms with Gasteiger partial charge in [-0.25, -0.2) is 0 Å². The molecule has 5 fully saturated rings. The van der Waals surface area contributed by atoms with E-state index in [1.165, 1.54) is 69.2 Å². The molecule has 0 aromatic heterocycles. The molecule has 10 unspecified atom stereocenters. The minimum absolute atomic E-state index is 0.0885. The van der Waals surface area contributed by atoms with Crippen molar-refractivity contribution in [3.05, 3.63) is 0 Å². The summed E-state index contributed by atoms with van der Waals surface area (Å²) in [5, 5.41) is 11.0. The van der Waals surface area contributed by atoms with Gasteiger partial charge in [-0.3, -0.25) is 105 Å². The predicted octanol–water partition coefficient (Wildman–Crippen LogP) is -4.54. The number of rotatable bonds is 35. The SMILES string of the molecule is CC(=O)OCC1O[C@@H](OC(C)=O)C(N)[C@H](OC(C)=O)[C@@H]1OC(C)=O.CC(=O)OCC1O[C@@H](OC(C)=O)C(NC(=O)CN)[C@H](OC(C)=O)[C@@H]1OC(C)=O.CC(=O)OCC1O[C@@H](OC(C)=O)C(NCCN)[C@H](OC(C)=O)[C@@H]1OC(C)=O.CCC(=O)NC1[C@H](OC(C)=O)OC(COC(C)=O)[C@@H](OC(C)=O)[C@H]1OC(C)=O.CCCNC1[C@H](OC(C)=O)OC(COC(C)=O)[C@@H](OC(C)=O)[C@H]1OC(C)=O. The molecule has 54 nitrogen and oxygen atoms in total. The van der Waals surface area contributed by atoms with Gasteiger partial charge in [0.25, 0.3) is 0 Å². The minimum Gasteiger partial charge on any atom is -0.463 e. The monoisotopic (exact) mass is 1930 g/mol. The van der Waals surface area contributed by atoms with Crippen molar-refractivity contribution in [3.63, 3.8) is 0 Å². The summed E-state index contributed by atoms with van der Waals surface area (Å²) < 4.78 is 131. The van der Waals surface area contributed by atoms with Crippen LogP contribution in [-0.2, 0) is 224 Å². The molecule has 134 heavy (non-hydrogen) atoms. The average Bonchev–Trinajstić information content (AvgIpc) is 0.784. The number of nitrogens with one attached hydrogen (secondary N) is 4. The molecule has 0 saturated carbocycles. The number of hydrogen-bond donors (Lipinski definition) is 7. The summed E-state index contributed by atoms with van der Waals surface area (Å²) in [6, 6.07) is -5.13. The summed E-state index contributed by atoms with van der Waals surface area (Å²) in [5.74, 6) is -14.4. The van der Waals surface area contributed by atoms with Crippen LogP contribution in [0.25, 0.3) is 0 Å². The number of amides is 2. The van der Waals surface area contributed by atoms with Crippen LogP contribution in [0.5, 0.6) is 0 Å². The molecule has 760 valence electrons. The first-order chi connectivity index (χ1) is 62.5. The van der Waals surface area contributed by atoms with Crippen LogP contribution in [-0.4, -0.2) is 344 Å². The zero-order chi connectivity index (χ0) is 102. The summed E-state index contributed by atoms with van der Waals surface area (Å²) in [6.07, 6.45) is -22.5. The summed E-state index contributed by atoms with van der Waals surface area (Å²) in [6.45, 7) is 25.7. The van der Waals surface area contributed by atoms with Crippen molar-refractivity contribution < 1.29 is 224 Å². The normalized spacial score (nSPS) is 27.4. The van der Waals surface area contributed by atoms with E-state index in [9.17, 15) is 105 Å². The standard InChI is InChI=1S/C17H25NO10.C17H27NO9.C16H24N2O10.C16H26N2O9.C14H21NO9/c1-6-13(23)18-14-16(26-10(4)21)15(25-9(3)20)12(7-24-8(2)19)28-17(14)27-11(5)22;1-6-7-18-14-16(25-11(4)21)15(24-10(3)20)13(8-23-9(2)19)27-17(14)26-12(5)22;1-7(19)24-6-11-14(25-8(2)20)15(26-9(3)21)13(18-12(23)5-17)16(28-11)27-10(4)22;1-8(19)23-7-12-14(24-9(2)20)15(25-10(3)21)13(18-6-5-17)16(27-12)26-11(4)22;1-6(16)20-5-10-12(21-7(2)17)13(22-8(3)18)11(15)14(24-10)23-9(4)19/h12,14-17H,6-7H2,1-5H3,(H,18,23);13-18H,6-8H2,1-5H3;11,13-16H,5-6,17H2,1-4H3,(H,18,23);12-16,18H,5-7,17H2,1-4H3;10-14H,5,15H2,1-4H3/t12?,14?,15-,16+,17-;13?,14?,15-,16+,17-;11?,13?,14-,15+,16-;12?,13?,14-,15+,16-;10?,11?,12-,13+,14-/m11111/s1. The van der Waals surface area contributed by atoms with Crippen LogP contribution in [0.3, 0.4) is 0 Å². The Hall–Kier alpha value is -12.1. The Balaban J connectivity index is 0.000000838. The van der Waals surface area contributed by atoms with Gasteiger partial charge in [0.2, 0.25) is 43.3 Å². The largest absolute Gasteiger partial charge is 0.463 e. The van der Waals surface area contributed by atoms with Crippen molar-refractivity contribution in [2.24, 2.45) is 17.2 Å². The van der Waals surface area contributed by atoms with Crippen LogP contribution in [0.4, 0.5) is 0 Å².